The zero-order chi connectivity index (χ0) is 13.8. The predicted octanol–water partition coefficient (Wildman–Crippen LogP) is 1.49. The Balaban J connectivity index is 3.09. The Morgan fingerprint density at radius 3 is 2.61 bits per heavy atom. The summed E-state index contributed by atoms with van der Waals surface area (Å²) < 4.78 is 26.1. The maximum atomic E-state index is 11.8. The van der Waals surface area contributed by atoms with Crippen LogP contribution in [0, 0.1) is 18.8 Å². The summed E-state index contributed by atoms with van der Waals surface area (Å²) in [7, 11) is -3.36. The highest BCUT2D eigenvalue weighted by atomic mass is 32.2. The molecule has 1 aromatic rings. The van der Waals surface area contributed by atoms with Gasteiger partial charge in [-0.05, 0) is 38.5 Å². The standard InChI is InChI=1S/C13H17NO3S/c1-10(2)18(16,17)14-13-9-12(5-4-8-15)7-6-11(13)3/h6-7,9-10,14-15H,8H2,1-3H3. The molecule has 5 heteroatoms. The van der Waals surface area contributed by atoms with Crippen LogP contribution in [-0.4, -0.2) is 25.4 Å². The molecule has 18 heavy (non-hydrogen) atoms. The van der Waals surface area contributed by atoms with E-state index in [0.29, 0.717) is 11.3 Å². The van der Waals surface area contributed by atoms with Gasteiger partial charge in [-0.25, -0.2) is 8.42 Å². The van der Waals surface area contributed by atoms with Gasteiger partial charge in [0.2, 0.25) is 10.0 Å². The molecule has 0 unspecified atom stereocenters. The topological polar surface area (TPSA) is 66.4 Å². The first-order valence-electron chi connectivity index (χ1n) is 5.59. The van der Waals surface area contributed by atoms with Gasteiger partial charge in [0.05, 0.1) is 10.9 Å². The minimum Gasteiger partial charge on any atom is -0.384 e. The van der Waals surface area contributed by atoms with Crippen molar-refractivity contribution in [3.63, 3.8) is 0 Å². The second-order valence-electron chi connectivity index (χ2n) is 4.19. The molecule has 0 bridgehead atoms. The second-order valence-corrected chi connectivity index (χ2v) is 6.42. The molecule has 0 aliphatic rings. The highest BCUT2D eigenvalue weighted by Gasteiger charge is 2.16. The molecule has 0 aromatic heterocycles. The molecule has 1 rings (SSSR count). The molecule has 0 radical (unpaired) electrons. The largest absolute Gasteiger partial charge is 0.384 e. The summed E-state index contributed by atoms with van der Waals surface area (Å²) in [6.07, 6.45) is 0. The predicted molar refractivity (Wildman–Crippen MR) is 72.8 cm³/mol. The number of anilines is 1. The molecule has 98 valence electrons. The number of benzene rings is 1. The fourth-order valence-corrected chi connectivity index (χ4v) is 1.98. The van der Waals surface area contributed by atoms with E-state index in [1.54, 1.807) is 32.0 Å². The lowest BCUT2D eigenvalue weighted by Crippen LogP contribution is -2.22. The highest BCUT2D eigenvalue weighted by Crippen LogP contribution is 2.19. The van der Waals surface area contributed by atoms with Crippen LogP contribution in [0.3, 0.4) is 0 Å². The zero-order valence-electron chi connectivity index (χ0n) is 10.7. The van der Waals surface area contributed by atoms with Crippen molar-refractivity contribution in [1.29, 1.82) is 0 Å². The third-order valence-corrected chi connectivity index (χ3v) is 4.17. The third-order valence-electron chi connectivity index (χ3n) is 2.42. The molecule has 0 saturated carbocycles. The highest BCUT2D eigenvalue weighted by molar-refractivity contribution is 7.93. The van der Waals surface area contributed by atoms with E-state index >= 15 is 0 Å². The number of rotatable bonds is 3. The first-order valence-corrected chi connectivity index (χ1v) is 7.13. The average molecular weight is 267 g/mol. The summed E-state index contributed by atoms with van der Waals surface area (Å²) in [4.78, 5) is 0. The molecule has 0 aliphatic carbocycles. The van der Waals surface area contributed by atoms with Crippen molar-refractivity contribution in [2.75, 3.05) is 11.3 Å². The smallest absolute Gasteiger partial charge is 0.235 e. The Morgan fingerprint density at radius 2 is 2.06 bits per heavy atom. The molecule has 0 spiro atoms. The fourth-order valence-electron chi connectivity index (χ4n) is 1.22. The monoisotopic (exact) mass is 267 g/mol. The normalized spacial score (nSPS) is 10.9. The molecule has 0 aliphatic heterocycles. The lowest BCUT2D eigenvalue weighted by molar-refractivity contribution is 0.350. The lowest BCUT2D eigenvalue weighted by Gasteiger charge is -2.13. The van der Waals surface area contributed by atoms with Crippen LogP contribution in [0.2, 0.25) is 0 Å². The number of aliphatic hydroxyl groups is 1. The van der Waals surface area contributed by atoms with Gasteiger partial charge in [-0.1, -0.05) is 17.9 Å². The van der Waals surface area contributed by atoms with Crippen LogP contribution < -0.4 is 4.72 Å². The van der Waals surface area contributed by atoms with E-state index in [1.165, 1.54) is 0 Å². The summed E-state index contributed by atoms with van der Waals surface area (Å²) >= 11 is 0. The van der Waals surface area contributed by atoms with E-state index in [1.807, 2.05) is 6.92 Å². The second kappa shape index (κ2) is 5.89. The Kier molecular flexibility index (Phi) is 4.76. The molecule has 0 fully saturated rings. The van der Waals surface area contributed by atoms with Crippen molar-refractivity contribution < 1.29 is 13.5 Å². The number of sulfonamides is 1. The Labute approximate surface area is 108 Å². The number of hydrogen-bond acceptors (Lipinski definition) is 3. The quantitative estimate of drug-likeness (QED) is 0.815. The summed E-state index contributed by atoms with van der Waals surface area (Å²) in [6.45, 7) is 4.84. The van der Waals surface area contributed by atoms with E-state index in [0.717, 1.165) is 5.56 Å². The van der Waals surface area contributed by atoms with E-state index in [4.69, 9.17) is 5.11 Å². The number of aliphatic hydroxyl groups excluding tert-OH is 1. The van der Waals surface area contributed by atoms with E-state index < -0.39 is 15.3 Å². The summed E-state index contributed by atoms with van der Waals surface area (Å²) in [5.41, 5.74) is 2.01. The average Bonchev–Trinajstić information content (AvgIpc) is 2.29. The van der Waals surface area contributed by atoms with Gasteiger partial charge in [-0.3, -0.25) is 4.72 Å². The van der Waals surface area contributed by atoms with Crippen molar-refractivity contribution in [3.8, 4) is 11.8 Å². The van der Waals surface area contributed by atoms with Crippen LogP contribution in [0.5, 0.6) is 0 Å². The molecule has 1 aromatic carbocycles. The number of hydrogen-bond donors (Lipinski definition) is 2. The van der Waals surface area contributed by atoms with Gasteiger partial charge in [-0.15, -0.1) is 0 Å². The maximum absolute atomic E-state index is 11.8. The van der Waals surface area contributed by atoms with Crippen molar-refractivity contribution in [2.24, 2.45) is 0 Å². The van der Waals surface area contributed by atoms with Crippen molar-refractivity contribution in [3.05, 3.63) is 29.3 Å². The Hall–Kier alpha value is -1.51. The van der Waals surface area contributed by atoms with Crippen LogP contribution in [0.1, 0.15) is 25.0 Å². The van der Waals surface area contributed by atoms with Crippen LogP contribution in [0.15, 0.2) is 18.2 Å². The van der Waals surface area contributed by atoms with Gasteiger partial charge in [0.25, 0.3) is 0 Å². The van der Waals surface area contributed by atoms with Crippen molar-refractivity contribution in [1.82, 2.24) is 0 Å². The molecular weight excluding hydrogens is 250 g/mol. The molecule has 0 amide bonds. The molecular formula is C13H17NO3S. The molecule has 2 N–H and O–H groups in total. The number of nitrogens with one attached hydrogen (secondary N) is 1. The van der Waals surface area contributed by atoms with Gasteiger partial charge in [0, 0.05) is 5.56 Å². The molecule has 0 heterocycles. The Morgan fingerprint density at radius 1 is 1.39 bits per heavy atom. The SMILES string of the molecule is Cc1ccc(C#CCO)cc1NS(=O)(=O)C(C)C. The maximum Gasteiger partial charge on any atom is 0.235 e. The number of aryl methyl sites for hydroxylation is 1. The first kappa shape index (κ1) is 14.6. The van der Waals surface area contributed by atoms with Crippen LogP contribution in [0.25, 0.3) is 0 Å². The summed E-state index contributed by atoms with van der Waals surface area (Å²) in [6, 6.07) is 5.24. The molecule has 0 atom stereocenters. The van der Waals surface area contributed by atoms with Crippen LogP contribution in [-0.2, 0) is 10.0 Å². The van der Waals surface area contributed by atoms with Gasteiger partial charge >= 0.3 is 0 Å². The van der Waals surface area contributed by atoms with Crippen LogP contribution >= 0.6 is 0 Å². The van der Waals surface area contributed by atoms with Gasteiger partial charge in [0.15, 0.2) is 0 Å². The zero-order valence-corrected chi connectivity index (χ0v) is 11.5. The van der Waals surface area contributed by atoms with Crippen molar-refractivity contribution in [2.45, 2.75) is 26.0 Å². The lowest BCUT2D eigenvalue weighted by atomic mass is 10.1. The summed E-state index contributed by atoms with van der Waals surface area (Å²) in [5.74, 6) is 5.27. The van der Waals surface area contributed by atoms with Crippen LogP contribution in [0.4, 0.5) is 5.69 Å². The molecule has 0 saturated heterocycles. The Bertz CT molecular complexity index is 580. The van der Waals surface area contributed by atoms with Gasteiger partial charge in [-0.2, -0.15) is 0 Å². The van der Waals surface area contributed by atoms with E-state index in [2.05, 4.69) is 16.6 Å². The molecule has 4 nitrogen and oxygen atoms in total. The van der Waals surface area contributed by atoms with E-state index in [9.17, 15) is 8.42 Å². The first-order chi connectivity index (χ1) is 8.36. The minimum absolute atomic E-state index is 0.221. The minimum atomic E-state index is -3.36. The third kappa shape index (κ3) is 3.76. The van der Waals surface area contributed by atoms with Crippen molar-refractivity contribution >= 4 is 15.7 Å². The van der Waals surface area contributed by atoms with Gasteiger partial charge in [0.1, 0.15) is 6.61 Å². The fraction of sp³-hybridized carbons (Fsp3) is 0.385. The summed E-state index contributed by atoms with van der Waals surface area (Å²) in [5, 5.41) is 8.13. The van der Waals surface area contributed by atoms with Gasteiger partial charge < -0.3 is 5.11 Å². The van der Waals surface area contributed by atoms with E-state index in [-0.39, 0.29) is 6.61 Å².